The van der Waals surface area contributed by atoms with Gasteiger partial charge in [0.1, 0.15) is 0 Å². The van der Waals surface area contributed by atoms with Gasteiger partial charge >= 0.3 is 0 Å². The molecule has 0 aliphatic heterocycles. The van der Waals surface area contributed by atoms with E-state index in [-0.39, 0.29) is 11.8 Å². The Morgan fingerprint density at radius 2 is 1.52 bits per heavy atom. The van der Waals surface area contributed by atoms with Crippen LogP contribution in [0, 0.1) is 0 Å². The van der Waals surface area contributed by atoms with Gasteiger partial charge in [0.15, 0.2) is 11.7 Å². The molecule has 0 spiro atoms. The quantitative estimate of drug-likeness (QED) is 0.380. The molecule has 1 amide bonds. The van der Waals surface area contributed by atoms with Crippen molar-refractivity contribution in [2.45, 2.75) is 18.8 Å². The summed E-state index contributed by atoms with van der Waals surface area (Å²) in [4.78, 5) is 16.8. The minimum atomic E-state index is -0.0249. The number of nitrogens with one attached hydrogen (secondary N) is 1. The van der Waals surface area contributed by atoms with Crippen LogP contribution in [0.2, 0.25) is 5.02 Å². The van der Waals surface area contributed by atoms with E-state index >= 15 is 0 Å². The number of benzene rings is 3. The highest BCUT2D eigenvalue weighted by Crippen LogP contribution is 2.24. The topological polar surface area (TPSA) is 55.1 Å². The zero-order valence-electron chi connectivity index (χ0n) is 17.0. The van der Waals surface area contributed by atoms with Crippen molar-refractivity contribution in [3.8, 4) is 11.3 Å². The Bertz CT molecular complexity index is 1070. The molecule has 0 atom stereocenters. The maximum Gasteiger partial charge on any atom is 0.220 e. The molecule has 4 nitrogen and oxygen atoms in total. The molecule has 0 aliphatic rings. The summed E-state index contributed by atoms with van der Waals surface area (Å²) in [6, 6.07) is 27.8. The number of carbonyl (C=O) groups excluding carboxylic acids is 1. The Morgan fingerprint density at radius 1 is 0.903 bits per heavy atom. The van der Waals surface area contributed by atoms with E-state index in [1.54, 1.807) is 6.20 Å². The van der Waals surface area contributed by atoms with Crippen LogP contribution in [-0.2, 0) is 11.2 Å². The zero-order valence-corrected chi connectivity index (χ0v) is 17.8. The highest BCUT2D eigenvalue weighted by atomic mass is 35.5. The Hall–Kier alpha value is -3.37. The second-order valence-electron chi connectivity index (χ2n) is 7.30. The molecule has 1 aromatic heterocycles. The number of amides is 1. The monoisotopic (exact) mass is 430 g/mol. The van der Waals surface area contributed by atoms with Gasteiger partial charge in [0.05, 0.1) is 6.20 Å². The molecule has 0 saturated carbocycles. The maximum absolute atomic E-state index is 12.5. The number of aromatic nitrogens is 1. The SMILES string of the molecule is O=C(CCc1ncc(-c2ccc(Cl)cc2)o1)NCC(c1ccccc1)c1ccccc1. The molecule has 156 valence electrons. The minimum absolute atomic E-state index is 0.0249. The molecular weight excluding hydrogens is 408 g/mol. The summed E-state index contributed by atoms with van der Waals surface area (Å²) in [7, 11) is 0. The highest BCUT2D eigenvalue weighted by molar-refractivity contribution is 6.30. The van der Waals surface area contributed by atoms with Crippen LogP contribution in [0.3, 0.4) is 0 Å². The van der Waals surface area contributed by atoms with Crippen molar-refractivity contribution in [1.29, 1.82) is 0 Å². The van der Waals surface area contributed by atoms with Gasteiger partial charge in [-0.3, -0.25) is 4.79 Å². The lowest BCUT2D eigenvalue weighted by Gasteiger charge is -2.18. The first-order valence-corrected chi connectivity index (χ1v) is 10.6. The second-order valence-corrected chi connectivity index (χ2v) is 7.74. The molecular formula is C26H23ClN2O2. The van der Waals surface area contributed by atoms with Gasteiger partial charge in [-0.25, -0.2) is 4.98 Å². The van der Waals surface area contributed by atoms with E-state index < -0.39 is 0 Å². The van der Waals surface area contributed by atoms with Crippen LogP contribution in [0.5, 0.6) is 0 Å². The Kier molecular flexibility index (Phi) is 6.80. The zero-order chi connectivity index (χ0) is 21.5. The summed E-state index contributed by atoms with van der Waals surface area (Å²) in [5, 5.41) is 3.74. The fourth-order valence-electron chi connectivity index (χ4n) is 3.50. The van der Waals surface area contributed by atoms with Crippen LogP contribution < -0.4 is 5.32 Å². The van der Waals surface area contributed by atoms with Crippen LogP contribution in [-0.4, -0.2) is 17.4 Å². The maximum atomic E-state index is 12.5. The van der Waals surface area contributed by atoms with E-state index in [4.69, 9.17) is 16.0 Å². The number of rotatable bonds is 8. The van der Waals surface area contributed by atoms with Crippen molar-refractivity contribution in [2.75, 3.05) is 6.54 Å². The highest BCUT2D eigenvalue weighted by Gasteiger charge is 2.15. The summed E-state index contributed by atoms with van der Waals surface area (Å²) in [5.74, 6) is 1.29. The van der Waals surface area contributed by atoms with Crippen molar-refractivity contribution in [2.24, 2.45) is 0 Å². The molecule has 31 heavy (non-hydrogen) atoms. The molecule has 4 rings (SSSR count). The predicted molar refractivity (Wildman–Crippen MR) is 123 cm³/mol. The first-order chi connectivity index (χ1) is 15.2. The average molecular weight is 431 g/mol. The van der Waals surface area contributed by atoms with Crippen LogP contribution in [0.25, 0.3) is 11.3 Å². The van der Waals surface area contributed by atoms with Gasteiger partial charge in [0.2, 0.25) is 5.91 Å². The normalized spacial score (nSPS) is 10.9. The third-order valence-electron chi connectivity index (χ3n) is 5.16. The van der Waals surface area contributed by atoms with Gasteiger partial charge < -0.3 is 9.73 Å². The lowest BCUT2D eigenvalue weighted by atomic mass is 9.91. The molecule has 4 aromatic rings. The average Bonchev–Trinajstić information content (AvgIpc) is 3.29. The van der Waals surface area contributed by atoms with Gasteiger partial charge in [-0.2, -0.15) is 0 Å². The largest absolute Gasteiger partial charge is 0.441 e. The van der Waals surface area contributed by atoms with Crippen LogP contribution >= 0.6 is 11.6 Å². The summed E-state index contributed by atoms with van der Waals surface area (Å²) in [6.07, 6.45) is 2.44. The lowest BCUT2D eigenvalue weighted by Crippen LogP contribution is -2.29. The summed E-state index contributed by atoms with van der Waals surface area (Å²) >= 11 is 5.93. The standard InChI is InChI=1S/C26H23ClN2O2/c27-22-13-11-21(12-14-22)24-18-29-26(31-24)16-15-25(30)28-17-23(19-7-3-1-4-8-19)20-9-5-2-6-10-20/h1-14,18,23H,15-17H2,(H,28,30). The van der Waals surface area contributed by atoms with E-state index in [0.29, 0.717) is 36.1 Å². The molecule has 0 saturated heterocycles. The Morgan fingerprint density at radius 3 is 2.13 bits per heavy atom. The van der Waals surface area contributed by atoms with Gasteiger partial charge in [-0.15, -0.1) is 0 Å². The number of oxazole rings is 1. The molecule has 0 bridgehead atoms. The van der Waals surface area contributed by atoms with Gasteiger partial charge in [-0.05, 0) is 35.4 Å². The number of carbonyl (C=O) groups is 1. The number of nitrogens with zero attached hydrogens (tertiary/aromatic N) is 1. The molecule has 3 aromatic carbocycles. The van der Waals surface area contributed by atoms with E-state index in [9.17, 15) is 4.79 Å². The van der Waals surface area contributed by atoms with Crippen molar-refractivity contribution in [1.82, 2.24) is 10.3 Å². The minimum Gasteiger partial charge on any atom is -0.441 e. The van der Waals surface area contributed by atoms with E-state index in [1.165, 1.54) is 11.1 Å². The third kappa shape index (κ3) is 5.62. The lowest BCUT2D eigenvalue weighted by molar-refractivity contribution is -0.121. The third-order valence-corrected chi connectivity index (χ3v) is 5.41. The number of hydrogen-bond donors (Lipinski definition) is 1. The number of aryl methyl sites for hydroxylation is 1. The molecule has 5 heteroatoms. The fraction of sp³-hybridized carbons (Fsp3) is 0.154. The van der Waals surface area contributed by atoms with Crippen molar-refractivity contribution < 1.29 is 9.21 Å². The molecule has 0 aliphatic carbocycles. The van der Waals surface area contributed by atoms with Crippen molar-refractivity contribution in [3.63, 3.8) is 0 Å². The summed E-state index contributed by atoms with van der Waals surface area (Å²) in [6.45, 7) is 0.536. The second kappa shape index (κ2) is 10.1. The molecule has 0 fully saturated rings. The van der Waals surface area contributed by atoms with Gasteiger partial charge in [0, 0.05) is 35.9 Å². The molecule has 0 radical (unpaired) electrons. The van der Waals surface area contributed by atoms with E-state index in [2.05, 4.69) is 34.6 Å². The predicted octanol–water partition coefficient (Wildman–Crippen LogP) is 5.88. The van der Waals surface area contributed by atoms with Gasteiger partial charge in [-0.1, -0.05) is 72.3 Å². The van der Waals surface area contributed by atoms with E-state index in [1.807, 2.05) is 60.7 Å². The first-order valence-electron chi connectivity index (χ1n) is 10.3. The smallest absolute Gasteiger partial charge is 0.220 e. The molecule has 1 heterocycles. The van der Waals surface area contributed by atoms with Gasteiger partial charge in [0.25, 0.3) is 0 Å². The number of halogens is 1. The van der Waals surface area contributed by atoms with E-state index in [0.717, 1.165) is 5.56 Å². The Labute approximate surface area is 186 Å². The number of hydrogen-bond acceptors (Lipinski definition) is 3. The fourth-order valence-corrected chi connectivity index (χ4v) is 3.62. The van der Waals surface area contributed by atoms with Crippen LogP contribution in [0.1, 0.15) is 29.4 Å². The van der Waals surface area contributed by atoms with Crippen LogP contribution in [0.15, 0.2) is 95.5 Å². The summed E-state index contributed by atoms with van der Waals surface area (Å²) < 4.78 is 5.79. The van der Waals surface area contributed by atoms with Crippen LogP contribution in [0.4, 0.5) is 0 Å². The molecule has 1 N–H and O–H groups in total. The van der Waals surface area contributed by atoms with Crippen molar-refractivity contribution in [3.05, 3.63) is 113 Å². The van der Waals surface area contributed by atoms with Crippen molar-refractivity contribution >= 4 is 17.5 Å². The first kappa shape index (κ1) is 20.9. The Balaban J connectivity index is 1.34. The summed E-state index contributed by atoms with van der Waals surface area (Å²) in [5.41, 5.74) is 3.25. The molecule has 0 unspecified atom stereocenters.